The second-order valence-corrected chi connectivity index (χ2v) is 15.0. The topological polar surface area (TPSA) is 91.2 Å². The molecule has 0 radical (unpaired) electrons. The van der Waals surface area contributed by atoms with Crippen molar-refractivity contribution in [3.8, 4) is 85.4 Å². The van der Waals surface area contributed by atoms with E-state index < -0.39 is 11.7 Å². The van der Waals surface area contributed by atoms with E-state index in [1.165, 1.54) is 12.1 Å². The Labute approximate surface area is 360 Å². The van der Waals surface area contributed by atoms with Crippen LogP contribution < -0.4 is 0 Å². The standard InChI is InChI=1S/C54H31F3N6/c55-54(56,57)44-13-7-12-40(28-44)43-24-27-47(53-61-51(38-8-3-1-4-9-38)60-52(62-53)39-10-5-2-6-11-39)50(31-43)63-48-29-41(36-18-14-34(32-58)15-19-36)22-25-45(48)46-26-23-42(30-49(46)63)37-20-16-35(33-59)17-21-37/h1-31H. The van der Waals surface area contributed by atoms with Crippen LogP contribution in [0.4, 0.5) is 13.2 Å². The highest BCUT2D eigenvalue weighted by atomic mass is 19.4. The van der Waals surface area contributed by atoms with Crippen LogP contribution in [0, 0.1) is 22.7 Å². The minimum atomic E-state index is -4.54. The van der Waals surface area contributed by atoms with Gasteiger partial charge in [0, 0.05) is 27.5 Å². The summed E-state index contributed by atoms with van der Waals surface area (Å²) < 4.78 is 44.6. The van der Waals surface area contributed by atoms with Gasteiger partial charge in [-0.25, -0.2) is 15.0 Å². The molecule has 0 fully saturated rings. The molecule has 0 aliphatic heterocycles. The van der Waals surface area contributed by atoms with Crippen LogP contribution in [0.5, 0.6) is 0 Å². The molecular weight excluding hydrogens is 790 g/mol. The second kappa shape index (κ2) is 15.7. The average molecular weight is 821 g/mol. The zero-order chi connectivity index (χ0) is 43.1. The van der Waals surface area contributed by atoms with Crippen LogP contribution in [0.3, 0.4) is 0 Å². The number of benzene rings is 8. The maximum Gasteiger partial charge on any atom is 0.416 e. The Bertz CT molecular complexity index is 3260. The third-order valence-electron chi connectivity index (χ3n) is 11.2. The van der Waals surface area contributed by atoms with Gasteiger partial charge in [0.1, 0.15) is 0 Å². The van der Waals surface area contributed by atoms with Gasteiger partial charge in [-0.3, -0.25) is 0 Å². The molecule has 0 saturated heterocycles. The van der Waals surface area contributed by atoms with Crippen molar-refractivity contribution < 1.29 is 13.2 Å². The van der Waals surface area contributed by atoms with E-state index >= 15 is 0 Å². The van der Waals surface area contributed by atoms with Gasteiger partial charge in [-0.15, -0.1) is 0 Å². The number of halogens is 3. The molecule has 0 saturated carbocycles. The minimum Gasteiger partial charge on any atom is -0.308 e. The maximum absolute atomic E-state index is 14.2. The van der Waals surface area contributed by atoms with E-state index in [0.29, 0.717) is 51.0 Å². The van der Waals surface area contributed by atoms with Crippen LogP contribution in [0.25, 0.3) is 95.0 Å². The fourth-order valence-electron chi connectivity index (χ4n) is 8.00. The first kappa shape index (κ1) is 38.5. The molecule has 10 rings (SSSR count). The van der Waals surface area contributed by atoms with Gasteiger partial charge in [0.25, 0.3) is 0 Å². The molecule has 0 amide bonds. The van der Waals surface area contributed by atoms with E-state index in [9.17, 15) is 23.7 Å². The first-order valence-electron chi connectivity index (χ1n) is 20.0. The molecule has 2 heterocycles. The van der Waals surface area contributed by atoms with Crippen molar-refractivity contribution in [2.45, 2.75) is 6.18 Å². The lowest BCUT2D eigenvalue weighted by atomic mass is 9.99. The normalized spacial score (nSPS) is 11.4. The Hall–Kier alpha value is -8.66. The summed E-state index contributed by atoms with van der Waals surface area (Å²) in [5.41, 5.74) is 9.37. The monoisotopic (exact) mass is 820 g/mol. The maximum atomic E-state index is 14.2. The van der Waals surface area contributed by atoms with Gasteiger partial charge in [0.2, 0.25) is 0 Å². The SMILES string of the molecule is N#Cc1ccc(-c2ccc3c4ccc(-c5ccc(C#N)cc5)cc4n(-c4cc(-c5cccc(C(F)(F)F)c5)ccc4-c4nc(-c5ccccc5)nc(-c5ccccc5)n4)c3c2)cc1. The van der Waals surface area contributed by atoms with Crippen molar-refractivity contribution in [3.63, 3.8) is 0 Å². The average Bonchev–Trinajstić information content (AvgIpc) is 3.67. The van der Waals surface area contributed by atoms with Crippen LogP contribution in [0.2, 0.25) is 0 Å². The van der Waals surface area contributed by atoms with Gasteiger partial charge in [0.05, 0.1) is 45.5 Å². The fourth-order valence-corrected chi connectivity index (χ4v) is 8.00. The summed E-state index contributed by atoms with van der Waals surface area (Å²) in [6, 6.07) is 61.8. The second-order valence-electron chi connectivity index (χ2n) is 15.0. The smallest absolute Gasteiger partial charge is 0.308 e. The molecule has 298 valence electrons. The van der Waals surface area contributed by atoms with Crippen LogP contribution in [0.1, 0.15) is 16.7 Å². The number of rotatable bonds is 7. The van der Waals surface area contributed by atoms with Gasteiger partial charge < -0.3 is 4.57 Å². The third-order valence-corrected chi connectivity index (χ3v) is 11.2. The highest BCUT2D eigenvalue weighted by Crippen LogP contribution is 2.42. The van der Waals surface area contributed by atoms with E-state index in [4.69, 9.17) is 15.0 Å². The summed E-state index contributed by atoms with van der Waals surface area (Å²) in [5, 5.41) is 20.9. The first-order valence-corrected chi connectivity index (χ1v) is 20.0. The van der Waals surface area contributed by atoms with Crippen molar-refractivity contribution in [1.82, 2.24) is 19.5 Å². The zero-order valence-electron chi connectivity index (χ0n) is 33.2. The summed E-state index contributed by atoms with van der Waals surface area (Å²) in [4.78, 5) is 15.1. The summed E-state index contributed by atoms with van der Waals surface area (Å²) in [6.45, 7) is 0. The Balaban J connectivity index is 1.30. The van der Waals surface area contributed by atoms with Crippen LogP contribution in [-0.2, 0) is 6.18 Å². The predicted octanol–water partition coefficient (Wildman–Crippen LogP) is 13.7. The fraction of sp³-hybridized carbons (Fsp3) is 0.0185. The molecule has 0 aliphatic carbocycles. The predicted molar refractivity (Wildman–Crippen MR) is 241 cm³/mol. The largest absolute Gasteiger partial charge is 0.416 e. The van der Waals surface area contributed by atoms with Crippen LogP contribution >= 0.6 is 0 Å². The Kier molecular flexibility index (Phi) is 9.63. The molecule has 0 atom stereocenters. The molecular formula is C54H31F3N6. The number of alkyl halides is 3. The molecule has 0 bridgehead atoms. The molecule has 63 heavy (non-hydrogen) atoms. The van der Waals surface area contributed by atoms with Gasteiger partial charge in [0.15, 0.2) is 17.5 Å². The molecule has 9 heteroatoms. The van der Waals surface area contributed by atoms with E-state index in [-0.39, 0.29) is 0 Å². The number of nitriles is 2. The Morgan fingerprint density at radius 2 is 0.825 bits per heavy atom. The summed E-state index contributed by atoms with van der Waals surface area (Å²) in [7, 11) is 0. The van der Waals surface area contributed by atoms with Crippen molar-refractivity contribution in [2.24, 2.45) is 0 Å². The lowest BCUT2D eigenvalue weighted by molar-refractivity contribution is -0.137. The van der Waals surface area contributed by atoms with Crippen molar-refractivity contribution in [1.29, 1.82) is 10.5 Å². The van der Waals surface area contributed by atoms with Gasteiger partial charge >= 0.3 is 6.18 Å². The van der Waals surface area contributed by atoms with Gasteiger partial charge in [-0.05, 0) is 94.0 Å². The molecule has 8 aromatic carbocycles. The number of hydrogen-bond acceptors (Lipinski definition) is 5. The number of fused-ring (bicyclic) bond motifs is 3. The zero-order valence-corrected chi connectivity index (χ0v) is 33.2. The van der Waals surface area contributed by atoms with E-state index in [1.807, 2.05) is 109 Å². The number of aromatic nitrogens is 4. The first-order chi connectivity index (χ1) is 30.7. The summed E-state index contributed by atoms with van der Waals surface area (Å²) in [5.74, 6) is 1.29. The van der Waals surface area contributed by atoms with E-state index in [2.05, 4.69) is 41.0 Å². The van der Waals surface area contributed by atoms with Crippen LogP contribution in [0.15, 0.2) is 188 Å². The number of hydrogen-bond donors (Lipinski definition) is 0. The molecule has 0 N–H and O–H groups in total. The molecule has 0 unspecified atom stereocenters. The Morgan fingerprint density at radius 1 is 0.397 bits per heavy atom. The van der Waals surface area contributed by atoms with Gasteiger partial charge in [-0.1, -0.05) is 127 Å². The third kappa shape index (κ3) is 7.35. The van der Waals surface area contributed by atoms with Crippen molar-refractivity contribution in [2.75, 3.05) is 0 Å². The summed E-state index contributed by atoms with van der Waals surface area (Å²) >= 11 is 0. The molecule has 6 nitrogen and oxygen atoms in total. The quantitative estimate of drug-likeness (QED) is 0.160. The van der Waals surface area contributed by atoms with Crippen molar-refractivity contribution >= 4 is 21.8 Å². The van der Waals surface area contributed by atoms with E-state index in [0.717, 1.165) is 61.3 Å². The van der Waals surface area contributed by atoms with E-state index in [1.54, 1.807) is 36.4 Å². The molecule has 10 aromatic rings. The lowest BCUT2D eigenvalue weighted by Crippen LogP contribution is -2.05. The highest BCUT2D eigenvalue weighted by Gasteiger charge is 2.30. The minimum absolute atomic E-state index is 0.370. The molecule has 0 aliphatic rings. The summed E-state index contributed by atoms with van der Waals surface area (Å²) in [6.07, 6.45) is -4.54. The number of nitrogens with zero attached hydrogens (tertiary/aromatic N) is 6. The highest BCUT2D eigenvalue weighted by molar-refractivity contribution is 6.11. The molecule has 2 aromatic heterocycles. The Morgan fingerprint density at radius 3 is 1.32 bits per heavy atom. The molecule has 0 spiro atoms. The lowest BCUT2D eigenvalue weighted by Gasteiger charge is -2.17. The van der Waals surface area contributed by atoms with Crippen LogP contribution in [-0.4, -0.2) is 19.5 Å². The van der Waals surface area contributed by atoms with Crippen molar-refractivity contribution in [3.05, 3.63) is 205 Å². The van der Waals surface area contributed by atoms with Gasteiger partial charge in [-0.2, -0.15) is 23.7 Å².